The van der Waals surface area contributed by atoms with E-state index in [1.54, 1.807) is 0 Å². The molecule has 1 aliphatic heterocycles. The minimum Gasteiger partial charge on any atom is -0.373 e. The Morgan fingerprint density at radius 3 is 2.06 bits per heavy atom. The Morgan fingerprint density at radius 2 is 1.53 bits per heavy atom. The lowest BCUT2D eigenvalue weighted by Crippen LogP contribution is -2.02. The predicted octanol–water partition coefficient (Wildman–Crippen LogP) is 4.99. The maximum absolute atomic E-state index is 5.22. The second-order valence-corrected chi connectivity index (χ2v) is 6.19. The van der Waals surface area contributed by atoms with Gasteiger partial charge in [-0.1, -0.05) is 64.7 Å². The fourth-order valence-electron chi connectivity index (χ4n) is 2.32. The number of hydrogen-bond acceptors (Lipinski definition) is 2. The molecule has 0 aromatic rings. The van der Waals surface area contributed by atoms with Crippen molar-refractivity contribution in [3.63, 3.8) is 0 Å². The highest BCUT2D eigenvalue weighted by Crippen LogP contribution is 2.22. The summed E-state index contributed by atoms with van der Waals surface area (Å²) in [5.74, 6) is 0. The van der Waals surface area contributed by atoms with E-state index >= 15 is 0 Å². The van der Waals surface area contributed by atoms with E-state index < -0.39 is 0 Å². The molecule has 2 atom stereocenters. The van der Waals surface area contributed by atoms with Crippen LogP contribution in [0.5, 0.6) is 0 Å². The van der Waals surface area contributed by atoms with Crippen LogP contribution in [0.2, 0.25) is 0 Å². The highest BCUT2D eigenvalue weighted by Gasteiger charge is 2.24. The van der Waals surface area contributed by atoms with Crippen molar-refractivity contribution in [1.82, 2.24) is 0 Å². The Hall–Kier alpha value is 0.310. The molecule has 2 heteroatoms. The van der Waals surface area contributed by atoms with Gasteiger partial charge in [0, 0.05) is 5.25 Å². The molecular formula is C15H30OS. The molecule has 0 aromatic carbocycles. The number of rotatable bonds is 12. The molecule has 0 radical (unpaired) electrons. The first-order valence-electron chi connectivity index (χ1n) is 7.62. The first kappa shape index (κ1) is 15.4. The summed E-state index contributed by atoms with van der Waals surface area (Å²) in [6.07, 6.45) is 15.7. The summed E-state index contributed by atoms with van der Waals surface area (Å²) >= 11 is 4.61. The van der Waals surface area contributed by atoms with Crippen LogP contribution in [-0.4, -0.2) is 18.0 Å². The van der Waals surface area contributed by atoms with Crippen LogP contribution >= 0.6 is 12.6 Å². The molecule has 1 heterocycles. The largest absolute Gasteiger partial charge is 0.373 e. The number of epoxide rings is 1. The summed E-state index contributed by atoms with van der Waals surface area (Å²) < 4.78 is 5.22. The third kappa shape index (κ3) is 9.96. The first-order chi connectivity index (χ1) is 8.33. The fourth-order valence-corrected chi connectivity index (χ4v) is 2.73. The van der Waals surface area contributed by atoms with Gasteiger partial charge in [0.05, 0.1) is 12.7 Å². The molecule has 1 fully saturated rings. The van der Waals surface area contributed by atoms with Gasteiger partial charge in [-0.15, -0.1) is 0 Å². The Morgan fingerprint density at radius 1 is 1.00 bits per heavy atom. The van der Waals surface area contributed by atoms with Crippen molar-refractivity contribution in [2.75, 3.05) is 6.61 Å². The molecule has 0 aromatic heterocycles. The summed E-state index contributed by atoms with van der Waals surface area (Å²) in [6.45, 7) is 3.26. The number of unbranched alkanes of at least 4 members (excludes halogenated alkanes) is 8. The normalized spacial score (nSPS) is 20.5. The molecule has 1 nitrogen and oxygen atoms in total. The number of ether oxygens (including phenoxy) is 1. The van der Waals surface area contributed by atoms with Crippen LogP contribution in [0.4, 0.5) is 0 Å². The van der Waals surface area contributed by atoms with Gasteiger partial charge in [0.15, 0.2) is 0 Å². The average molecular weight is 258 g/mol. The Labute approximate surface area is 113 Å². The zero-order valence-corrected chi connectivity index (χ0v) is 12.4. The summed E-state index contributed by atoms with van der Waals surface area (Å²) in [4.78, 5) is 0. The SMILES string of the molecule is CCCCCCCCCCCC(S)CC1CO1. The van der Waals surface area contributed by atoms with E-state index in [0.717, 1.165) is 6.61 Å². The van der Waals surface area contributed by atoms with E-state index in [4.69, 9.17) is 4.74 Å². The third-order valence-electron chi connectivity index (χ3n) is 3.58. The Bertz CT molecular complexity index is 168. The Kier molecular flexibility index (Phi) is 9.27. The third-order valence-corrected chi connectivity index (χ3v) is 4.05. The fraction of sp³-hybridized carbons (Fsp3) is 1.00. The predicted molar refractivity (Wildman–Crippen MR) is 79.0 cm³/mol. The molecule has 1 aliphatic rings. The minimum atomic E-state index is 0.552. The summed E-state index contributed by atoms with van der Waals surface area (Å²) in [6, 6.07) is 0. The highest BCUT2D eigenvalue weighted by molar-refractivity contribution is 7.80. The van der Waals surface area contributed by atoms with Crippen LogP contribution in [0.15, 0.2) is 0 Å². The van der Waals surface area contributed by atoms with Crippen molar-refractivity contribution in [3.05, 3.63) is 0 Å². The molecule has 0 saturated carbocycles. The molecule has 17 heavy (non-hydrogen) atoms. The molecule has 2 unspecified atom stereocenters. The van der Waals surface area contributed by atoms with Crippen molar-refractivity contribution >= 4 is 12.6 Å². The lowest BCUT2D eigenvalue weighted by Gasteiger charge is -2.08. The van der Waals surface area contributed by atoms with Gasteiger partial charge in [-0.25, -0.2) is 0 Å². The lowest BCUT2D eigenvalue weighted by atomic mass is 10.0. The van der Waals surface area contributed by atoms with Crippen molar-refractivity contribution < 1.29 is 4.74 Å². The molecule has 0 spiro atoms. The summed E-state index contributed by atoms with van der Waals surface area (Å²) in [5.41, 5.74) is 0. The zero-order valence-electron chi connectivity index (χ0n) is 11.5. The van der Waals surface area contributed by atoms with Crippen molar-refractivity contribution in [2.24, 2.45) is 0 Å². The molecule has 0 amide bonds. The average Bonchev–Trinajstić information content (AvgIpc) is 3.11. The van der Waals surface area contributed by atoms with Crippen molar-refractivity contribution in [2.45, 2.75) is 88.9 Å². The lowest BCUT2D eigenvalue weighted by molar-refractivity contribution is 0.390. The number of hydrogen-bond donors (Lipinski definition) is 1. The molecule has 0 N–H and O–H groups in total. The van der Waals surface area contributed by atoms with E-state index in [2.05, 4.69) is 19.6 Å². The van der Waals surface area contributed by atoms with Crippen molar-refractivity contribution in [3.8, 4) is 0 Å². The second-order valence-electron chi connectivity index (χ2n) is 5.46. The van der Waals surface area contributed by atoms with Gasteiger partial charge in [-0.2, -0.15) is 12.6 Å². The van der Waals surface area contributed by atoms with Crippen LogP contribution in [0.3, 0.4) is 0 Å². The van der Waals surface area contributed by atoms with Gasteiger partial charge in [-0.3, -0.25) is 0 Å². The van der Waals surface area contributed by atoms with E-state index in [0.29, 0.717) is 11.4 Å². The zero-order chi connectivity index (χ0) is 12.3. The van der Waals surface area contributed by atoms with Crippen LogP contribution in [0.1, 0.15) is 77.6 Å². The standard InChI is InChI=1S/C15H30OS/c1-2-3-4-5-6-7-8-9-10-11-15(17)12-14-13-16-14/h14-15,17H,2-13H2,1H3. The topological polar surface area (TPSA) is 12.5 Å². The Balaban J connectivity index is 1.71. The van der Waals surface area contributed by atoms with Crippen LogP contribution < -0.4 is 0 Å². The minimum absolute atomic E-state index is 0.552. The van der Waals surface area contributed by atoms with Gasteiger partial charge in [0.2, 0.25) is 0 Å². The first-order valence-corrected chi connectivity index (χ1v) is 8.14. The number of thiol groups is 1. The van der Waals surface area contributed by atoms with Crippen LogP contribution in [-0.2, 0) is 4.74 Å². The molecular weight excluding hydrogens is 228 g/mol. The van der Waals surface area contributed by atoms with E-state index in [1.807, 2.05) is 0 Å². The van der Waals surface area contributed by atoms with Crippen molar-refractivity contribution in [1.29, 1.82) is 0 Å². The van der Waals surface area contributed by atoms with Gasteiger partial charge >= 0.3 is 0 Å². The van der Waals surface area contributed by atoms with Gasteiger partial charge in [0.25, 0.3) is 0 Å². The van der Waals surface area contributed by atoms with Crippen LogP contribution in [0, 0.1) is 0 Å². The van der Waals surface area contributed by atoms with E-state index in [-0.39, 0.29) is 0 Å². The monoisotopic (exact) mass is 258 g/mol. The van der Waals surface area contributed by atoms with E-state index in [9.17, 15) is 0 Å². The molecule has 102 valence electrons. The van der Waals surface area contributed by atoms with Crippen LogP contribution in [0.25, 0.3) is 0 Å². The maximum atomic E-state index is 5.22. The molecule has 1 rings (SSSR count). The quantitative estimate of drug-likeness (QED) is 0.295. The van der Waals surface area contributed by atoms with Gasteiger partial charge < -0.3 is 4.74 Å². The van der Waals surface area contributed by atoms with Gasteiger partial charge in [-0.05, 0) is 12.8 Å². The molecule has 0 aliphatic carbocycles. The molecule has 1 saturated heterocycles. The smallest absolute Gasteiger partial charge is 0.0820 e. The van der Waals surface area contributed by atoms with E-state index in [1.165, 1.54) is 70.6 Å². The second kappa shape index (κ2) is 10.3. The highest BCUT2D eigenvalue weighted by atomic mass is 32.1. The summed E-state index contributed by atoms with van der Waals surface area (Å²) in [7, 11) is 0. The summed E-state index contributed by atoms with van der Waals surface area (Å²) in [5, 5.41) is 0.576. The van der Waals surface area contributed by atoms with Gasteiger partial charge in [0.1, 0.15) is 0 Å². The molecule has 0 bridgehead atoms. The maximum Gasteiger partial charge on any atom is 0.0820 e.